The van der Waals surface area contributed by atoms with E-state index in [0.717, 1.165) is 48.2 Å². The number of nitrogens with zero attached hydrogens (tertiary/aromatic N) is 5. The summed E-state index contributed by atoms with van der Waals surface area (Å²) in [7, 11) is -3.11. The van der Waals surface area contributed by atoms with E-state index in [-0.39, 0.29) is 29.3 Å². The molecule has 1 aromatic carbocycles. The van der Waals surface area contributed by atoms with Crippen molar-refractivity contribution in [2.24, 2.45) is 0 Å². The van der Waals surface area contributed by atoms with Crippen molar-refractivity contribution in [2.45, 2.75) is 57.3 Å². The molecule has 4 aromatic rings. The Hall–Kier alpha value is -3.66. The van der Waals surface area contributed by atoms with Crippen LogP contribution < -0.4 is 0 Å². The van der Waals surface area contributed by atoms with Crippen molar-refractivity contribution >= 4 is 9.84 Å². The summed E-state index contributed by atoms with van der Waals surface area (Å²) >= 11 is 0. The summed E-state index contributed by atoms with van der Waals surface area (Å²) in [6.45, 7) is 4.20. The van der Waals surface area contributed by atoms with Gasteiger partial charge < -0.3 is 0 Å². The van der Waals surface area contributed by atoms with Crippen LogP contribution in [0.2, 0.25) is 0 Å². The summed E-state index contributed by atoms with van der Waals surface area (Å²) in [4.78, 5) is 13.7. The van der Waals surface area contributed by atoms with Crippen LogP contribution in [0, 0.1) is 11.6 Å². The van der Waals surface area contributed by atoms with Gasteiger partial charge in [-0.05, 0) is 67.5 Å². The minimum atomic E-state index is -3.11. The largest absolute Gasteiger partial charge is 0.252 e. The van der Waals surface area contributed by atoms with Gasteiger partial charge in [-0.1, -0.05) is 26.0 Å². The van der Waals surface area contributed by atoms with Gasteiger partial charge in [-0.2, -0.15) is 5.10 Å². The Morgan fingerprint density at radius 2 is 1.68 bits per heavy atom. The molecule has 0 bridgehead atoms. The van der Waals surface area contributed by atoms with Crippen molar-refractivity contribution < 1.29 is 17.2 Å². The highest BCUT2D eigenvalue weighted by atomic mass is 32.2. The van der Waals surface area contributed by atoms with Gasteiger partial charge in [0.25, 0.3) is 0 Å². The normalized spacial score (nSPS) is 18.9. The van der Waals surface area contributed by atoms with E-state index in [1.54, 1.807) is 18.5 Å². The molecule has 5 rings (SSSR count). The molecule has 0 fully saturated rings. The molecule has 0 aliphatic heterocycles. The molecule has 3 aromatic heterocycles. The number of hydrogen-bond acceptors (Lipinski definition) is 7. The van der Waals surface area contributed by atoms with E-state index in [0.29, 0.717) is 11.5 Å². The summed E-state index contributed by atoms with van der Waals surface area (Å²) in [5.41, 5.74) is 3.50. The third-order valence-electron chi connectivity index (χ3n) is 7.89. The van der Waals surface area contributed by atoms with Crippen molar-refractivity contribution in [3.05, 3.63) is 89.3 Å². The third kappa shape index (κ3) is 5.37. The summed E-state index contributed by atoms with van der Waals surface area (Å²) in [5.74, 6) is -0.698. The lowest BCUT2D eigenvalue weighted by molar-refractivity contribution is 0.353. The number of halogens is 2. The zero-order valence-corrected chi connectivity index (χ0v) is 23.5. The monoisotopic (exact) mass is 563 g/mol. The van der Waals surface area contributed by atoms with E-state index >= 15 is 0 Å². The second kappa shape index (κ2) is 11.1. The lowest BCUT2D eigenvalue weighted by Crippen LogP contribution is -2.35. The average molecular weight is 564 g/mol. The van der Waals surface area contributed by atoms with E-state index < -0.39 is 26.9 Å². The Morgan fingerprint density at radius 3 is 2.33 bits per heavy atom. The van der Waals surface area contributed by atoms with Crippen LogP contribution in [-0.2, 0) is 21.7 Å². The number of sulfone groups is 1. The Bertz CT molecular complexity index is 1630. The van der Waals surface area contributed by atoms with Crippen molar-refractivity contribution in [3.8, 4) is 22.5 Å². The van der Waals surface area contributed by atoms with Gasteiger partial charge in [-0.25, -0.2) is 27.2 Å². The summed E-state index contributed by atoms with van der Waals surface area (Å²) in [6, 6.07) is 11.4. The van der Waals surface area contributed by atoms with Crippen LogP contribution in [0.3, 0.4) is 0 Å². The number of pyridine rings is 1. The molecule has 1 aliphatic carbocycles. The van der Waals surface area contributed by atoms with Gasteiger partial charge in [0, 0.05) is 30.6 Å². The zero-order chi connectivity index (χ0) is 28.5. The molecule has 10 heteroatoms. The van der Waals surface area contributed by atoms with Crippen LogP contribution in [0.25, 0.3) is 22.5 Å². The van der Waals surface area contributed by atoms with E-state index in [9.17, 15) is 17.2 Å². The molecule has 208 valence electrons. The predicted octanol–water partition coefficient (Wildman–Crippen LogP) is 5.84. The summed E-state index contributed by atoms with van der Waals surface area (Å²) in [6.07, 6.45) is 8.04. The Balaban J connectivity index is 1.54. The third-order valence-corrected chi connectivity index (χ3v) is 8.83. The standard InChI is InChI=1S/C30H31F2N5O2S/c1-4-19-12-14-30(5-2,29-21(19)16-25(36-37-29)28-22(31)8-6-9-23(28)32)26-11-7-10-24(35-26)20-17-33-27(34-18-20)13-15-40(3,38)39/h6-11,16-19H,4-5,12-15H2,1-3H3/t19-,30+/m0/s1. The SMILES string of the molecule is CC[C@H]1CC[C@](CC)(c2cccc(-c3cnc(CCS(C)(=O)=O)nc3)n2)c2nnc(-c3c(F)cccc3F)cc21. The minimum absolute atomic E-state index is 0.0103. The fraction of sp³-hybridized carbons (Fsp3) is 0.367. The fourth-order valence-corrected chi connectivity index (χ4v) is 6.16. The van der Waals surface area contributed by atoms with Gasteiger partial charge >= 0.3 is 0 Å². The molecule has 0 saturated heterocycles. The molecule has 0 spiro atoms. The number of fused-ring (bicyclic) bond motifs is 1. The van der Waals surface area contributed by atoms with Crippen LogP contribution in [0.15, 0.2) is 54.9 Å². The molecule has 0 N–H and O–H groups in total. The van der Waals surface area contributed by atoms with Crippen LogP contribution in [-0.4, -0.2) is 45.6 Å². The topological polar surface area (TPSA) is 98.6 Å². The fourth-order valence-electron chi connectivity index (χ4n) is 5.60. The second-order valence-corrected chi connectivity index (χ2v) is 12.6. The van der Waals surface area contributed by atoms with Crippen LogP contribution in [0.5, 0.6) is 0 Å². The smallest absolute Gasteiger partial charge is 0.147 e. The number of aromatic nitrogens is 5. The molecule has 40 heavy (non-hydrogen) atoms. The van der Waals surface area contributed by atoms with Crippen LogP contribution >= 0.6 is 0 Å². The predicted molar refractivity (Wildman–Crippen MR) is 149 cm³/mol. The lowest BCUT2D eigenvalue weighted by Gasteiger charge is -2.40. The first-order chi connectivity index (χ1) is 19.1. The van der Waals surface area contributed by atoms with Crippen molar-refractivity contribution in [1.29, 1.82) is 0 Å². The summed E-state index contributed by atoms with van der Waals surface area (Å²) in [5, 5.41) is 8.96. The van der Waals surface area contributed by atoms with E-state index in [1.165, 1.54) is 24.5 Å². The molecule has 0 radical (unpaired) electrons. The van der Waals surface area contributed by atoms with Crippen molar-refractivity contribution in [3.63, 3.8) is 0 Å². The first-order valence-electron chi connectivity index (χ1n) is 13.4. The van der Waals surface area contributed by atoms with Crippen molar-refractivity contribution in [1.82, 2.24) is 25.1 Å². The highest BCUT2D eigenvalue weighted by molar-refractivity contribution is 7.90. The van der Waals surface area contributed by atoms with Gasteiger partial charge in [0.2, 0.25) is 0 Å². The van der Waals surface area contributed by atoms with Crippen LogP contribution in [0.1, 0.15) is 68.2 Å². The van der Waals surface area contributed by atoms with E-state index in [2.05, 4.69) is 34.0 Å². The molecular weight excluding hydrogens is 532 g/mol. The number of benzene rings is 1. The quantitative estimate of drug-likeness (QED) is 0.265. The first-order valence-corrected chi connectivity index (χ1v) is 15.5. The Labute approximate surface area is 233 Å². The van der Waals surface area contributed by atoms with Crippen LogP contribution in [0.4, 0.5) is 8.78 Å². The first kappa shape index (κ1) is 27.9. The molecule has 3 heterocycles. The minimum Gasteiger partial charge on any atom is -0.252 e. The van der Waals surface area contributed by atoms with Gasteiger partial charge in [0.15, 0.2) is 0 Å². The number of rotatable bonds is 8. The maximum atomic E-state index is 14.6. The zero-order valence-electron chi connectivity index (χ0n) is 22.7. The van der Waals surface area contributed by atoms with E-state index in [1.807, 2.05) is 18.2 Å². The van der Waals surface area contributed by atoms with Gasteiger partial charge in [0.05, 0.1) is 39.5 Å². The second-order valence-electron chi connectivity index (χ2n) is 10.4. The van der Waals surface area contributed by atoms with Crippen molar-refractivity contribution in [2.75, 3.05) is 12.0 Å². The Kier molecular flexibility index (Phi) is 7.72. The number of aryl methyl sites for hydroxylation is 1. The molecule has 1 aliphatic rings. The lowest BCUT2D eigenvalue weighted by atomic mass is 9.65. The molecule has 0 amide bonds. The number of hydrogen-bond donors (Lipinski definition) is 0. The highest BCUT2D eigenvalue weighted by Gasteiger charge is 2.43. The van der Waals surface area contributed by atoms with Gasteiger partial charge in [0.1, 0.15) is 27.3 Å². The Morgan fingerprint density at radius 1 is 0.975 bits per heavy atom. The highest BCUT2D eigenvalue weighted by Crippen LogP contribution is 2.49. The molecule has 0 unspecified atom stereocenters. The van der Waals surface area contributed by atoms with Gasteiger partial charge in [-0.15, -0.1) is 5.10 Å². The van der Waals surface area contributed by atoms with Gasteiger partial charge in [-0.3, -0.25) is 4.98 Å². The summed E-state index contributed by atoms with van der Waals surface area (Å²) < 4.78 is 52.2. The molecule has 7 nitrogen and oxygen atoms in total. The molecule has 2 atom stereocenters. The van der Waals surface area contributed by atoms with E-state index in [4.69, 9.17) is 4.98 Å². The maximum absolute atomic E-state index is 14.6. The average Bonchev–Trinajstić information content (AvgIpc) is 2.95. The molecule has 0 saturated carbocycles. The maximum Gasteiger partial charge on any atom is 0.147 e. The molecular formula is C30H31F2N5O2S.